The van der Waals surface area contributed by atoms with Gasteiger partial charge in [0.2, 0.25) is 0 Å². The lowest BCUT2D eigenvalue weighted by Crippen LogP contribution is -2.01. The quantitative estimate of drug-likeness (QED) is 0.417. The van der Waals surface area contributed by atoms with Crippen molar-refractivity contribution in [3.63, 3.8) is 0 Å². The maximum absolute atomic E-state index is 6.02. The smallest absolute Gasteiger partial charge is 0.127 e. The van der Waals surface area contributed by atoms with Gasteiger partial charge in [-0.2, -0.15) is 0 Å². The Kier molecular flexibility index (Phi) is 5.38. The molecule has 0 fully saturated rings. The van der Waals surface area contributed by atoms with E-state index in [4.69, 9.17) is 4.74 Å². The molecule has 0 N–H and O–H groups in total. The van der Waals surface area contributed by atoms with Gasteiger partial charge in [-0.05, 0) is 30.7 Å². The number of hydrogen-bond donors (Lipinski definition) is 0. The fraction of sp³-hybridized carbons (Fsp3) is 0.143. The largest absolute Gasteiger partial charge is 0.492 e. The maximum atomic E-state index is 6.02. The Hall–Kier alpha value is -2.19. The van der Waals surface area contributed by atoms with Gasteiger partial charge in [0.15, 0.2) is 0 Å². The lowest BCUT2D eigenvalue weighted by molar-refractivity contribution is 0.345. The molecule has 0 unspecified atom stereocenters. The standard InChI is InChI=1S/C21H20OS/c1-17-11-13-19(14-12-17)23-16-15-22-21-10-6-5-9-20(21)18-7-3-2-4-8-18/h2-14H,15-16H2,1H3. The van der Waals surface area contributed by atoms with Gasteiger partial charge < -0.3 is 4.74 Å². The Bertz CT molecular complexity index is 735. The van der Waals surface area contributed by atoms with Crippen LogP contribution in [0.1, 0.15) is 5.56 Å². The second kappa shape index (κ2) is 7.89. The first-order valence-corrected chi connectivity index (χ1v) is 8.78. The van der Waals surface area contributed by atoms with Crippen molar-refractivity contribution >= 4 is 11.8 Å². The summed E-state index contributed by atoms with van der Waals surface area (Å²) in [7, 11) is 0. The fourth-order valence-electron chi connectivity index (χ4n) is 2.39. The molecule has 0 atom stereocenters. The Morgan fingerprint density at radius 2 is 1.48 bits per heavy atom. The van der Waals surface area contributed by atoms with E-state index in [1.54, 1.807) is 0 Å². The zero-order valence-electron chi connectivity index (χ0n) is 13.2. The van der Waals surface area contributed by atoms with Crippen molar-refractivity contribution in [2.75, 3.05) is 12.4 Å². The highest BCUT2D eigenvalue weighted by Crippen LogP contribution is 2.29. The number of benzene rings is 3. The average molecular weight is 320 g/mol. The van der Waals surface area contributed by atoms with E-state index in [2.05, 4.69) is 67.6 Å². The Labute approximate surface area is 142 Å². The van der Waals surface area contributed by atoms with E-state index < -0.39 is 0 Å². The molecule has 3 rings (SSSR count). The Morgan fingerprint density at radius 1 is 0.783 bits per heavy atom. The molecule has 3 aromatic rings. The van der Waals surface area contributed by atoms with Crippen LogP contribution in [0.3, 0.4) is 0 Å². The molecule has 0 heterocycles. The third-order valence-electron chi connectivity index (χ3n) is 3.60. The van der Waals surface area contributed by atoms with Crippen molar-refractivity contribution in [3.05, 3.63) is 84.4 Å². The van der Waals surface area contributed by atoms with E-state index in [1.165, 1.54) is 16.0 Å². The van der Waals surface area contributed by atoms with Crippen LogP contribution < -0.4 is 4.74 Å². The highest BCUT2D eigenvalue weighted by atomic mass is 32.2. The van der Waals surface area contributed by atoms with E-state index in [0.717, 1.165) is 17.1 Å². The van der Waals surface area contributed by atoms with E-state index in [1.807, 2.05) is 30.0 Å². The average Bonchev–Trinajstić information content (AvgIpc) is 2.61. The minimum atomic E-state index is 0.697. The molecule has 23 heavy (non-hydrogen) atoms. The summed E-state index contributed by atoms with van der Waals surface area (Å²) in [6.45, 7) is 2.81. The molecule has 0 saturated carbocycles. The lowest BCUT2D eigenvalue weighted by atomic mass is 10.1. The highest BCUT2D eigenvalue weighted by Gasteiger charge is 2.05. The summed E-state index contributed by atoms with van der Waals surface area (Å²) in [6.07, 6.45) is 0. The molecule has 0 spiro atoms. The highest BCUT2D eigenvalue weighted by molar-refractivity contribution is 7.99. The topological polar surface area (TPSA) is 9.23 Å². The van der Waals surface area contributed by atoms with Crippen LogP contribution in [0, 0.1) is 6.92 Å². The van der Waals surface area contributed by atoms with Crippen LogP contribution in [-0.2, 0) is 0 Å². The zero-order chi connectivity index (χ0) is 15.9. The molecule has 0 aliphatic carbocycles. The molecule has 116 valence electrons. The predicted molar refractivity (Wildman–Crippen MR) is 99.3 cm³/mol. The van der Waals surface area contributed by atoms with Gasteiger partial charge in [0.05, 0.1) is 6.61 Å². The van der Waals surface area contributed by atoms with Crippen molar-refractivity contribution in [1.29, 1.82) is 0 Å². The molecule has 1 nitrogen and oxygen atoms in total. The summed E-state index contributed by atoms with van der Waals surface area (Å²) in [5.74, 6) is 1.88. The number of para-hydroxylation sites is 1. The van der Waals surface area contributed by atoms with Crippen molar-refractivity contribution < 1.29 is 4.74 Å². The molecule has 2 heteroatoms. The summed E-state index contributed by atoms with van der Waals surface area (Å²) >= 11 is 1.83. The van der Waals surface area contributed by atoms with Gasteiger partial charge in [0.1, 0.15) is 5.75 Å². The number of rotatable bonds is 6. The third kappa shape index (κ3) is 4.40. The van der Waals surface area contributed by atoms with Crippen LogP contribution in [0.15, 0.2) is 83.8 Å². The summed E-state index contributed by atoms with van der Waals surface area (Å²) in [6, 6.07) is 27.2. The molecular weight excluding hydrogens is 300 g/mol. The van der Waals surface area contributed by atoms with Crippen LogP contribution in [0.4, 0.5) is 0 Å². The molecule has 0 aliphatic rings. The zero-order valence-corrected chi connectivity index (χ0v) is 14.1. The minimum Gasteiger partial charge on any atom is -0.492 e. The van der Waals surface area contributed by atoms with Crippen molar-refractivity contribution in [2.45, 2.75) is 11.8 Å². The SMILES string of the molecule is Cc1ccc(SCCOc2ccccc2-c2ccccc2)cc1. The second-order valence-corrected chi connectivity index (χ2v) is 6.54. The maximum Gasteiger partial charge on any atom is 0.127 e. The van der Waals surface area contributed by atoms with Crippen molar-refractivity contribution in [1.82, 2.24) is 0 Å². The molecular formula is C21H20OS. The molecule has 0 saturated heterocycles. The van der Waals surface area contributed by atoms with Crippen LogP contribution in [0.2, 0.25) is 0 Å². The number of hydrogen-bond acceptors (Lipinski definition) is 2. The first-order valence-electron chi connectivity index (χ1n) is 7.79. The summed E-state index contributed by atoms with van der Waals surface area (Å²) < 4.78 is 6.02. The van der Waals surface area contributed by atoms with Gasteiger partial charge in [0.25, 0.3) is 0 Å². The van der Waals surface area contributed by atoms with E-state index in [-0.39, 0.29) is 0 Å². The molecule has 0 radical (unpaired) electrons. The van der Waals surface area contributed by atoms with E-state index in [9.17, 15) is 0 Å². The van der Waals surface area contributed by atoms with E-state index >= 15 is 0 Å². The molecule has 3 aromatic carbocycles. The Balaban J connectivity index is 1.59. The van der Waals surface area contributed by atoms with Crippen LogP contribution >= 0.6 is 11.8 Å². The van der Waals surface area contributed by atoms with Crippen molar-refractivity contribution in [3.8, 4) is 16.9 Å². The monoisotopic (exact) mass is 320 g/mol. The summed E-state index contributed by atoms with van der Waals surface area (Å²) in [5, 5.41) is 0. The lowest BCUT2D eigenvalue weighted by Gasteiger charge is -2.11. The van der Waals surface area contributed by atoms with Gasteiger partial charge in [-0.15, -0.1) is 11.8 Å². The molecule has 0 aromatic heterocycles. The minimum absolute atomic E-state index is 0.697. The molecule has 0 bridgehead atoms. The molecule has 0 amide bonds. The Morgan fingerprint density at radius 3 is 2.26 bits per heavy atom. The number of ether oxygens (including phenoxy) is 1. The number of aryl methyl sites for hydroxylation is 1. The van der Waals surface area contributed by atoms with E-state index in [0.29, 0.717) is 6.61 Å². The summed E-state index contributed by atoms with van der Waals surface area (Å²) in [4.78, 5) is 1.29. The third-order valence-corrected chi connectivity index (χ3v) is 4.58. The van der Waals surface area contributed by atoms with Crippen LogP contribution in [0.25, 0.3) is 11.1 Å². The van der Waals surface area contributed by atoms with Crippen molar-refractivity contribution in [2.24, 2.45) is 0 Å². The second-order valence-electron chi connectivity index (χ2n) is 5.37. The van der Waals surface area contributed by atoms with Gasteiger partial charge in [-0.1, -0.05) is 66.2 Å². The fourth-order valence-corrected chi connectivity index (χ4v) is 3.13. The van der Waals surface area contributed by atoms with Crippen LogP contribution in [-0.4, -0.2) is 12.4 Å². The first kappa shape index (κ1) is 15.7. The molecule has 0 aliphatic heterocycles. The number of thioether (sulfide) groups is 1. The van der Waals surface area contributed by atoms with Gasteiger partial charge >= 0.3 is 0 Å². The first-order chi connectivity index (χ1) is 11.3. The predicted octanol–water partition coefficient (Wildman–Crippen LogP) is 5.83. The summed E-state index contributed by atoms with van der Waals surface area (Å²) in [5.41, 5.74) is 3.63. The van der Waals surface area contributed by atoms with Gasteiger partial charge in [-0.25, -0.2) is 0 Å². The van der Waals surface area contributed by atoms with Gasteiger partial charge in [0, 0.05) is 16.2 Å². The normalized spacial score (nSPS) is 10.5. The van der Waals surface area contributed by atoms with Gasteiger partial charge in [-0.3, -0.25) is 0 Å². The van der Waals surface area contributed by atoms with Crippen LogP contribution in [0.5, 0.6) is 5.75 Å².